The molecule has 0 aliphatic carbocycles. The fraction of sp³-hybridized carbons (Fsp3) is 0.100. The summed E-state index contributed by atoms with van der Waals surface area (Å²) in [6.45, 7) is 1.59. The number of rotatable bonds is 5. The van der Waals surface area contributed by atoms with Crippen LogP contribution >= 0.6 is 0 Å². The first-order valence-electron chi connectivity index (χ1n) is 8.42. The van der Waals surface area contributed by atoms with Gasteiger partial charge >= 0.3 is 5.63 Å². The Morgan fingerprint density at radius 1 is 1.14 bits per heavy atom. The molecule has 2 aromatic carbocycles. The van der Waals surface area contributed by atoms with E-state index in [0.717, 1.165) is 10.9 Å². The third kappa shape index (κ3) is 3.75. The molecule has 0 saturated carbocycles. The van der Waals surface area contributed by atoms with Crippen molar-refractivity contribution >= 4 is 22.6 Å². The molecule has 4 aromatic rings. The molecule has 0 unspecified atom stereocenters. The number of amides is 1. The molecule has 2 heterocycles. The van der Waals surface area contributed by atoms with Crippen molar-refractivity contribution in [2.24, 2.45) is 0 Å². The van der Waals surface area contributed by atoms with E-state index in [1.807, 2.05) is 0 Å². The highest BCUT2D eigenvalue weighted by Crippen LogP contribution is 2.24. The zero-order chi connectivity index (χ0) is 19.5. The van der Waals surface area contributed by atoms with Gasteiger partial charge in [0, 0.05) is 41.3 Å². The van der Waals surface area contributed by atoms with Gasteiger partial charge in [0.1, 0.15) is 17.9 Å². The summed E-state index contributed by atoms with van der Waals surface area (Å²) < 4.78 is 16.2. The van der Waals surface area contributed by atoms with Crippen molar-refractivity contribution in [3.63, 3.8) is 0 Å². The Balaban J connectivity index is 1.55. The summed E-state index contributed by atoms with van der Waals surface area (Å²) in [5.41, 5.74) is 1.91. The molecular weight excluding hydrogens is 362 g/mol. The maximum atomic E-state index is 11.9. The van der Waals surface area contributed by atoms with Crippen molar-refractivity contribution in [1.29, 1.82) is 0 Å². The number of hydrogen-bond donors (Lipinski definition) is 1. The van der Waals surface area contributed by atoms with Crippen LogP contribution in [-0.4, -0.2) is 16.1 Å². The van der Waals surface area contributed by atoms with Gasteiger partial charge in [-0.25, -0.2) is 4.79 Å². The van der Waals surface area contributed by atoms with Gasteiger partial charge in [0.15, 0.2) is 0 Å². The van der Waals surface area contributed by atoms with Crippen molar-refractivity contribution in [3.8, 4) is 17.2 Å². The minimum absolute atomic E-state index is 0.182. The van der Waals surface area contributed by atoms with E-state index >= 15 is 0 Å². The molecule has 8 heteroatoms. The van der Waals surface area contributed by atoms with E-state index in [4.69, 9.17) is 13.6 Å². The van der Waals surface area contributed by atoms with E-state index in [1.54, 1.807) is 42.5 Å². The van der Waals surface area contributed by atoms with Gasteiger partial charge in [-0.1, -0.05) is 0 Å². The zero-order valence-electron chi connectivity index (χ0n) is 14.8. The highest BCUT2D eigenvalue weighted by molar-refractivity contribution is 5.92. The number of ether oxygens (including phenoxy) is 1. The van der Waals surface area contributed by atoms with Crippen LogP contribution in [0.4, 0.5) is 5.69 Å². The number of hydrogen-bond acceptors (Lipinski definition) is 7. The van der Waals surface area contributed by atoms with Crippen molar-refractivity contribution < 1.29 is 18.4 Å². The fourth-order valence-corrected chi connectivity index (χ4v) is 2.78. The van der Waals surface area contributed by atoms with Crippen LogP contribution in [0.5, 0.6) is 5.75 Å². The molecule has 2 aromatic heterocycles. The Morgan fingerprint density at radius 2 is 1.96 bits per heavy atom. The van der Waals surface area contributed by atoms with Crippen LogP contribution in [0, 0.1) is 0 Å². The number of nitrogens with zero attached hydrogens (tertiary/aromatic N) is 2. The zero-order valence-corrected chi connectivity index (χ0v) is 14.8. The van der Waals surface area contributed by atoms with Crippen LogP contribution in [-0.2, 0) is 11.4 Å². The van der Waals surface area contributed by atoms with Crippen LogP contribution in [0.25, 0.3) is 22.4 Å². The summed E-state index contributed by atoms with van der Waals surface area (Å²) in [4.78, 5) is 23.1. The summed E-state index contributed by atoms with van der Waals surface area (Å²) in [6.07, 6.45) is 1.27. The lowest BCUT2D eigenvalue weighted by molar-refractivity contribution is -0.114. The molecule has 0 bridgehead atoms. The monoisotopic (exact) mass is 377 g/mol. The summed E-state index contributed by atoms with van der Waals surface area (Å²) in [6, 6.07) is 13.7. The third-order valence-corrected chi connectivity index (χ3v) is 4.01. The van der Waals surface area contributed by atoms with Crippen LogP contribution in [0.3, 0.4) is 0 Å². The summed E-state index contributed by atoms with van der Waals surface area (Å²) in [7, 11) is 0. The van der Waals surface area contributed by atoms with Crippen LogP contribution in [0.15, 0.2) is 68.6 Å². The van der Waals surface area contributed by atoms with Crippen molar-refractivity contribution in [2.45, 2.75) is 13.5 Å². The first-order valence-corrected chi connectivity index (χ1v) is 8.42. The topological polar surface area (TPSA) is 107 Å². The molecule has 0 atom stereocenters. The first kappa shape index (κ1) is 17.5. The van der Waals surface area contributed by atoms with E-state index in [9.17, 15) is 9.59 Å². The predicted molar refractivity (Wildman–Crippen MR) is 101 cm³/mol. The van der Waals surface area contributed by atoms with Crippen LogP contribution < -0.4 is 15.7 Å². The second-order valence-corrected chi connectivity index (χ2v) is 6.04. The molecule has 0 spiro atoms. The highest BCUT2D eigenvalue weighted by Gasteiger charge is 2.09. The summed E-state index contributed by atoms with van der Waals surface area (Å²) in [5, 5.41) is 10.9. The van der Waals surface area contributed by atoms with E-state index in [0.29, 0.717) is 28.5 Å². The Morgan fingerprint density at radius 3 is 2.68 bits per heavy atom. The van der Waals surface area contributed by atoms with Gasteiger partial charge in [0.2, 0.25) is 18.2 Å². The Kier molecular flexibility index (Phi) is 4.59. The number of carbonyl (C=O) groups excluding carboxylic acids is 1. The van der Waals surface area contributed by atoms with E-state index in [-0.39, 0.29) is 12.5 Å². The number of fused-ring (bicyclic) bond motifs is 1. The van der Waals surface area contributed by atoms with Gasteiger partial charge in [-0.05, 0) is 36.4 Å². The normalized spacial score (nSPS) is 10.8. The average Bonchev–Trinajstić information content (AvgIpc) is 3.20. The lowest BCUT2D eigenvalue weighted by Crippen LogP contribution is -2.07. The maximum Gasteiger partial charge on any atom is 0.336 e. The molecule has 1 amide bonds. The van der Waals surface area contributed by atoms with Crippen molar-refractivity contribution in [2.75, 3.05) is 5.32 Å². The van der Waals surface area contributed by atoms with Gasteiger partial charge in [0.25, 0.3) is 0 Å². The average molecular weight is 377 g/mol. The SMILES string of the molecule is CC(=O)Nc1ccc2c(COc3ccc(-c4nnco4)cc3)cc(=O)oc2c1. The summed E-state index contributed by atoms with van der Waals surface area (Å²) in [5.74, 6) is 0.845. The van der Waals surface area contributed by atoms with Crippen LogP contribution in [0.2, 0.25) is 0 Å². The second-order valence-electron chi connectivity index (χ2n) is 6.04. The maximum absolute atomic E-state index is 11.9. The minimum Gasteiger partial charge on any atom is -0.489 e. The molecule has 0 saturated heterocycles. The molecule has 0 fully saturated rings. The van der Waals surface area contributed by atoms with Gasteiger partial charge < -0.3 is 18.9 Å². The molecule has 140 valence electrons. The lowest BCUT2D eigenvalue weighted by Gasteiger charge is -2.10. The van der Waals surface area contributed by atoms with Gasteiger partial charge in [0.05, 0.1) is 0 Å². The van der Waals surface area contributed by atoms with Gasteiger partial charge in [-0.15, -0.1) is 10.2 Å². The predicted octanol–water partition coefficient (Wildman–Crippen LogP) is 3.38. The third-order valence-electron chi connectivity index (χ3n) is 4.01. The number of nitrogens with one attached hydrogen (secondary N) is 1. The molecule has 0 aliphatic rings. The first-order chi connectivity index (χ1) is 13.6. The Bertz CT molecular complexity index is 1180. The van der Waals surface area contributed by atoms with E-state index in [2.05, 4.69) is 15.5 Å². The Hall–Kier alpha value is -3.94. The fourth-order valence-electron chi connectivity index (χ4n) is 2.78. The number of carbonyl (C=O) groups is 1. The van der Waals surface area contributed by atoms with Gasteiger partial charge in [-0.2, -0.15) is 0 Å². The van der Waals surface area contributed by atoms with Gasteiger partial charge in [-0.3, -0.25) is 4.79 Å². The highest BCUT2D eigenvalue weighted by atomic mass is 16.5. The van der Waals surface area contributed by atoms with Crippen molar-refractivity contribution in [3.05, 3.63) is 70.9 Å². The van der Waals surface area contributed by atoms with Crippen molar-refractivity contribution in [1.82, 2.24) is 10.2 Å². The molecule has 28 heavy (non-hydrogen) atoms. The molecule has 0 radical (unpaired) electrons. The molecule has 8 nitrogen and oxygen atoms in total. The number of benzene rings is 2. The minimum atomic E-state index is -0.488. The smallest absolute Gasteiger partial charge is 0.336 e. The van der Waals surface area contributed by atoms with E-state index < -0.39 is 5.63 Å². The van der Waals surface area contributed by atoms with E-state index in [1.165, 1.54) is 19.4 Å². The quantitative estimate of drug-likeness (QED) is 0.531. The molecular formula is C20H15N3O5. The molecule has 4 rings (SSSR count). The number of anilines is 1. The molecule has 0 aliphatic heterocycles. The Labute approximate surface area is 158 Å². The summed E-state index contributed by atoms with van der Waals surface area (Å²) >= 11 is 0. The number of aromatic nitrogens is 2. The molecule has 1 N–H and O–H groups in total. The second kappa shape index (κ2) is 7.36. The largest absolute Gasteiger partial charge is 0.489 e. The standard InChI is InChI=1S/C20H15N3O5/c1-12(24)22-15-4-7-17-14(8-19(25)28-18(17)9-15)10-26-16-5-2-13(3-6-16)20-23-21-11-27-20/h2-9,11H,10H2,1H3,(H,22,24). The van der Waals surface area contributed by atoms with Crippen LogP contribution in [0.1, 0.15) is 12.5 Å². The lowest BCUT2D eigenvalue weighted by atomic mass is 10.1.